The van der Waals surface area contributed by atoms with Crippen LogP contribution in [0.25, 0.3) is 0 Å². The number of nitrogens with zero attached hydrogens (tertiary/aromatic N) is 2. The molecule has 6 heteroatoms. The van der Waals surface area contributed by atoms with Crippen molar-refractivity contribution in [2.45, 2.75) is 46.1 Å². The summed E-state index contributed by atoms with van der Waals surface area (Å²) in [4.78, 5) is 6.97. The van der Waals surface area contributed by atoms with Crippen LogP contribution in [0.5, 0.6) is 0 Å². The molecule has 0 radical (unpaired) electrons. The van der Waals surface area contributed by atoms with E-state index in [2.05, 4.69) is 9.97 Å². The monoisotopic (exact) mass is 287 g/mol. The molecule has 0 aliphatic rings. The van der Waals surface area contributed by atoms with Gasteiger partial charge in [0, 0.05) is 19.5 Å². The van der Waals surface area contributed by atoms with E-state index in [-0.39, 0.29) is 5.03 Å². The summed E-state index contributed by atoms with van der Waals surface area (Å²) in [6.45, 7) is 11.1. The van der Waals surface area contributed by atoms with Crippen molar-refractivity contribution in [3.05, 3.63) is 12.0 Å². The molecule has 5 nitrogen and oxygen atoms in total. The Morgan fingerprint density at radius 3 is 2.11 bits per heavy atom. The summed E-state index contributed by atoms with van der Waals surface area (Å²) < 4.78 is 26.7. The summed E-state index contributed by atoms with van der Waals surface area (Å²) >= 11 is 0. The summed E-state index contributed by atoms with van der Waals surface area (Å²) in [5.41, 5.74) is 0. The van der Waals surface area contributed by atoms with Crippen LogP contribution in [-0.4, -0.2) is 35.8 Å². The van der Waals surface area contributed by atoms with Crippen molar-refractivity contribution < 1.29 is 8.42 Å². The van der Waals surface area contributed by atoms with Gasteiger partial charge in [-0.3, -0.25) is 0 Å². The molecule has 0 aliphatic carbocycles. The van der Waals surface area contributed by atoms with Gasteiger partial charge in [-0.25, -0.2) is 13.4 Å². The number of aromatic nitrogens is 2. The van der Waals surface area contributed by atoms with Crippen LogP contribution >= 0.6 is 0 Å². The van der Waals surface area contributed by atoms with Crippen LogP contribution in [-0.2, 0) is 16.4 Å². The highest BCUT2D eigenvalue weighted by Crippen LogP contribution is 2.17. The molecule has 110 valence electrons. The van der Waals surface area contributed by atoms with E-state index in [0.717, 1.165) is 0 Å². The second-order valence-corrected chi connectivity index (χ2v) is 7.56. The molecule has 0 saturated carbocycles. The van der Waals surface area contributed by atoms with E-state index in [0.29, 0.717) is 37.2 Å². The molecule has 0 spiro atoms. The van der Waals surface area contributed by atoms with Crippen molar-refractivity contribution in [1.29, 1.82) is 0 Å². The third kappa shape index (κ3) is 4.31. The summed E-state index contributed by atoms with van der Waals surface area (Å²) in [5, 5.41) is 0.200. The van der Waals surface area contributed by atoms with Gasteiger partial charge >= 0.3 is 0 Å². The summed E-state index contributed by atoms with van der Waals surface area (Å²) in [6, 6.07) is 0. The van der Waals surface area contributed by atoms with Gasteiger partial charge in [-0.05, 0) is 11.8 Å². The molecule has 0 atom stereocenters. The molecule has 0 unspecified atom stereocenters. The first kappa shape index (κ1) is 16.2. The zero-order chi connectivity index (χ0) is 14.6. The number of rotatable bonds is 7. The van der Waals surface area contributed by atoms with E-state index in [1.165, 1.54) is 6.20 Å². The predicted octanol–water partition coefficient (Wildman–Crippen LogP) is 2.27. The van der Waals surface area contributed by atoms with Crippen LogP contribution in [0.2, 0.25) is 0 Å². The molecule has 0 aromatic carbocycles. The quantitative estimate of drug-likeness (QED) is 0.836. The largest absolute Gasteiger partial charge is 0.332 e. The number of nitrogens with one attached hydrogen (secondary N) is 1. The minimum atomic E-state index is -3.47. The van der Waals surface area contributed by atoms with Gasteiger partial charge in [0.1, 0.15) is 5.82 Å². The first-order chi connectivity index (χ1) is 8.77. The van der Waals surface area contributed by atoms with Gasteiger partial charge in [0.25, 0.3) is 10.0 Å². The molecule has 1 rings (SSSR count). The Morgan fingerprint density at radius 2 is 1.74 bits per heavy atom. The first-order valence-corrected chi connectivity index (χ1v) is 8.25. The van der Waals surface area contributed by atoms with Gasteiger partial charge in [-0.15, -0.1) is 0 Å². The highest BCUT2D eigenvalue weighted by molar-refractivity contribution is 7.89. The van der Waals surface area contributed by atoms with Gasteiger partial charge in [-0.1, -0.05) is 34.6 Å². The zero-order valence-corrected chi connectivity index (χ0v) is 13.3. The first-order valence-electron chi connectivity index (χ1n) is 6.81. The summed E-state index contributed by atoms with van der Waals surface area (Å²) in [5.74, 6) is 1.29. The maximum absolute atomic E-state index is 12.6. The molecular formula is C13H25N3O2S. The maximum Gasteiger partial charge on any atom is 0.260 e. The number of aryl methyl sites for hydroxylation is 1. The molecule has 0 saturated heterocycles. The normalized spacial score (nSPS) is 12.8. The lowest BCUT2D eigenvalue weighted by atomic mass is 10.2. The number of hydrogen-bond donors (Lipinski definition) is 1. The highest BCUT2D eigenvalue weighted by atomic mass is 32.2. The topological polar surface area (TPSA) is 66.1 Å². The van der Waals surface area contributed by atoms with Crippen LogP contribution in [0.15, 0.2) is 11.2 Å². The van der Waals surface area contributed by atoms with Gasteiger partial charge in [0.05, 0.1) is 6.20 Å². The second kappa shape index (κ2) is 6.52. The lowest BCUT2D eigenvalue weighted by Gasteiger charge is -2.24. The lowest BCUT2D eigenvalue weighted by Crippen LogP contribution is -2.37. The fourth-order valence-corrected chi connectivity index (χ4v) is 3.58. The van der Waals surface area contributed by atoms with Crippen molar-refractivity contribution in [3.8, 4) is 0 Å². The fraction of sp³-hybridized carbons (Fsp3) is 0.769. The molecule has 1 heterocycles. The Kier molecular flexibility index (Phi) is 5.55. The van der Waals surface area contributed by atoms with E-state index < -0.39 is 10.0 Å². The Bertz CT molecular complexity index is 482. The van der Waals surface area contributed by atoms with Crippen molar-refractivity contribution in [1.82, 2.24) is 14.3 Å². The average Bonchev–Trinajstić information content (AvgIpc) is 2.75. The van der Waals surface area contributed by atoms with Crippen molar-refractivity contribution in [2.75, 3.05) is 13.1 Å². The van der Waals surface area contributed by atoms with Crippen molar-refractivity contribution in [3.63, 3.8) is 0 Å². The molecule has 0 aliphatic heterocycles. The molecular weight excluding hydrogens is 262 g/mol. The average molecular weight is 287 g/mol. The van der Waals surface area contributed by atoms with Gasteiger partial charge in [-0.2, -0.15) is 4.31 Å². The highest BCUT2D eigenvalue weighted by Gasteiger charge is 2.27. The Balaban J connectivity index is 3.03. The van der Waals surface area contributed by atoms with Gasteiger partial charge in [0.2, 0.25) is 0 Å². The number of imidazole rings is 1. The fourth-order valence-electron chi connectivity index (χ4n) is 1.88. The molecule has 1 N–H and O–H groups in total. The third-order valence-electron chi connectivity index (χ3n) is 2.70. The Labute approximate surface area is 116 Å². The molecule has 19 heavy (non-hydrogen) atoms. The van der Waals surface area contributed by atoms with Crippen LogP contribution < -0.4 is 0 Å². The van der Waals surface area contributed by atoms with E-state index in [9.17, 15) is 8.42 Å². The molecule has 1 aromatic rings. The predicted molar refractivity (Wildman–Crippen MR) is 76.4 cm³/mol. The Morgan fingerprint density at radius 1 is 1.21 bits per heavy atom. The van der Waals surface area contributed by atoms with E-state index in [4.69, 9.17) is 0 Å². The molecule has 0 amide bonds. The van der Waals surface area contributed by atoms with Crippen molar-refractivity contribution in [2.24, 2.45) is 11.8 Å². The zero-order valence-electron chi connectivity index (χ0n) is 12.5. The van der Waals surface area contributed by atoms with Crippen LogP contribution in [0, 0.1) is 11.8 Å². The van der Waals surface area contributed by atoms with E-state index in [1.807, 2.05) is 34.6 Å². The van der Waals surface area contributed by atoms with E-state index in [1.54, 1.807) is 4.31 Å². The molecule has 1 aromatic heterocycles. The smallest absolute Gasteiger partial charge is 0.260 e. The van der Waals surface area contributed by atoms with Gasteiger partial charge < -0.3 is 4.98 Å². The summed E-state index contributed by atoms with van der Waals surface area (Å²) in [7, 11) is -3.47. The van der Waals surface area contributed by atoms with Crippen LogP contribution in [0.4, 0.5) is 0 Å². The summed E-state index contributed by atoms with van der Waals surface area (Å²) in [6.07, 6.45) is 2.12. The van der Waals surface area contributed by atoms with E-state index >= 15 is 0 Å². The minimum Gasteiger partial charge on any atom is -0.332 e. The van der Waals surface area contributed by atoms with Crippen LogP contribution in [0.3, 0.4) is 0 Å². The maximum atomic E-state index is 12.6. The molecule has 0 bridgehead atoms. The second-order valence-electron chi connectivity index (χ2n) is 5.66. The minimum absolute atomic E-state index is 0.200. The SMILES string of the molecule is CCc1ncc(S(=O)(=O)N(CC(C)C)CC(C)C)[nH]1. The lowest BCUT2D eigenvalue weighted by molar-refractivity contribution is 0.332. The number of H-pyrrole nitrogens is 1. The third-order valence-corrected chi connectivity index (χ3v) is 4.44. The van der Waals surface area contributed by atoms with Crippen LogP contribution in [0.1, 0.15) is 40.4 Å². The standard InChI is InChI=1S/C13H25N3O2S/c1-6-12-14-7-13(15-12)19(17,18)16(8-10(2)3)9-11(4)5/h7,10-11H,6,8-9H2,1-5H3,(H,14,15). The molecule has 0 fully saturated rings. The van der Waals surface area contributed by atoms with Gasteiger partial charge in [0.15, 0.2) is 5.03 Å². The number of sulfonamides is 1. The van der Waals surface area contributed by atoms with Crippen molar-refractivity contribution >= 4 is 10.0 Å². The Hall–Kier alpha value is -0.880. The number of hydrogen-bond acceptors (Lipinski definition) is 3. The number of aromatic amines is 1.